The van der Waals surface area contributed by atoms with Gasteiger partial charge in [-0.1, -0.05) is 18.2 Å². The van der Waals surface area contributed by atoms with E-state index in [2.05, 4.69) is 15.8 Å². The highest BCUT2D eigenvalue weighted by Crippen LogP contribution is 2.36. The average Bonchev–Trinajstić information content (AvgIpc) is 2.59. The molecule has 0 unspecified atom stereocenters. The first-order chi connectivity index (χ1) is 12.4. The molecule has 2 aromatic rings. The van der Waals surface area contributed by atoms with Crippen LogP contribution in [0.3, 0.4) is 0 Å². The summed E-state index contributed by atoms with van der Waals surface area (Å²) in [6.07, 6.45) is 1.21. The molecule has 0 saturated heterocycles. The van der Waals surface area contributed by atoms with Gasteiger partial charge in [0.15, 0.2) is 5.75 Å². The number of rotatable bonds is 6. The molecule has 2 amide bonds. The summed E-state index contributed by atoms with van der Waals surface area (Å²) in [7, 11) is 0. The minimum Gasteiger partial charge on any atom is -0.500 e. The number of aromatic hydroxyl groups is 1. The van der Waals surface area contributed by atoms with Crippen molar-refractivity contribution in [1.82, 2.24) is 5.43 Å². The summed E-state index contributed by atoms with van der Waals surface area (Å²) in [6, 6.07) is 9.19. The molecule has 0 aliphatic rings. The van der Waals surface area contributed by atoms with Gasteiger partial charge in [0.25, 0.3) is 0 Å². The van der Waals surface area contributed by atoms with Gasteiger partial charge in [-0.05, 0) is 31.5 Å². The van der Waals surface area contributed by atoms with E-state index in [-0.39, 0.29) is 17.9 Å². The molecule has 0 radical (unpaired) electrons. The van der Waals surface area contributed by atoms with Crippen LogP contribution in [0.2, 0.25) is 0 Å². The van der Waals surface area contributed by atoms with Crippen LogP contribution in [0.25, 0.3) is 0 Å². The topological polar surface area (TPSA) is 126 Å². The third-order valence-corrected chi connectivity index (χ3v) is 3.35. The van der Waals surface area contributed by atoms with Gasteiger partial charge in [-0.3, -0.25) is 10.1 Å². The van der Waals surface area contributed by atoms with Crippen LogP contribution in [0.5, 0.6) is 11.5 Å². The highest BCUT2D eigenvalue weighted by molar-refractivity contribution is 5.91. The number of nitrogens with one attached hydrogen (secondary N) is 2. The van der Waals surface area contributed by atoms with E-state index in [4.69, 9.17) is 4.74 Å². The number of hydrazone groups is 1. The van der Waals surface area contributed by atoms with Gasteiger partial charge in [0.2, 0.25) is 5.75 Å². The molecule has 0 saturated carbocycles. The standard InChI is InChI=1S/C17H18N4O5/c1-3-26-15-9-12(8-14(16(15)22)21(24)25)10-18-20-17(23)19-13-7-5-4-6-11(13)2/h4-10,22H,3H2,1-2H3,(H2,19,20,23). The number of phenolic OH excluding ortho intramolecular Hbond substituents is 1. The first kappa shape index (κ1) is 18.7. The zero-order valence-corrected chi connectivity index (χ0v) is 14.2. The van der Waals surface area contributed by atoms with Crippen LogP contribution in [0.1, 0.15) is 18.1 Å². The zero-order valence-electron chi connectivity index (χ0n) is 14.2. The first-order valence-corrected chi connectivity index (χ1v) is 7.72. The average molecular weight is 358 g/mol. The fourth-order valence-corrected chi connectivity index (χ4v) is 2.12. The minimum absolute atomic E-state index is 0.0347. The van der Waals surface area contributed by atoms with Gasteiger partial charge >= 0.3 is 11.7 Å². The Balaban J connectivity index is 2.11. The van der Waals surface area contributed by atoms with E-state index < -0.39 is 22.4 Å². The third-order valence-electron chi connectivity index (χ3n) is 3.35. The summed E-state index contributed by atoms with van der Waals surface area (Å²) in [4.78, 5) is 22.1. The van der Waals surface area contributed by atoms with Gasteiger partial charge in [0.05, 0.1) is 17.7 Å². The Morgan fingerprint density at radius 2 is 2.12 bits per heavy atom. The second kappa shape index (κ2) is 8.47. The maximum Gasteiger partial charge on any atom is 0.339 e. The Labute approximate surface area is 149 Å². The van der Waals surface area contributed by atoms with E-state index in [9.17, 15) is 20.0 Å². The molecule has 0 atom stereocenters. The van der Waals surface area contributed by atoms with Gasteiger partial charge in [-0.15, -0.1) is 0 Å². The van der Waals surface area contributed by atoms with Gasteiger partial charge in [0.1, 0.15) is 0 Å². The quantitative estimate of drug-likeness (QED) is 0.415. The SMILES string of the molecule is CCOc1cc(C=NNC(=O)Nc2ccccc2C)cc([N+](=O)[O-])c1O. The van der Waals surface area contributed by atoms with Crippen LogP contribution in [0, 0.1) is 17.0 Å². The zero-order chi connectivity index (χ0) is 19.1. The van der Waals surface area contributed by atoms with E-state index in [1.807, 2.05) is 19.1 Å². The van der Waals surface area contributed by atoms with Crippen LogP contribution in [-0.2, 0) is 0 Å². The number of nitro benzene ring substituents is 1. The molecule has 2 rings (SSSR count). The molecule has 0 spiro atoms. The van der Waals surface area contributed by atoms with E-state index in [0.29, 0.717) is 5.69 Å². The van der Waals surface area contributed by atoms with Crippen molar-refractivity contribution in [2.24, 2.45) is 5.10 Å². The molecule has 9 nitrogen and oxygen atoms in total. The predicted octanol–water partition coefficient (Wildman–Crippen LogP) is 3.16. The molecule has 26 heavy (non-hydrogen) atoms. The second-order valence-corrected chi connectivity index (χ2v) is 5.22. The number of carbonyl (C=O) groups is 1. The van der Waals surface area contributed by atoms with Crippen molar-refractivity contribution < 1.29 is 19.6 Å². The Morgan fingerprint density at radius 1 is 1.38 bits per heavy atom. The number of benzene rings is 2. The Morgan fingerprint density at radius 3 is 2.77 bits per heavy atom. The normalized spacial score (nSPS) is 10.5. The van der Waals surface area contributed by atoms with E-state index in [1.165, 1.54) is 12.3 Å². The summed E-state index contributed by atoms with van der Waals surface area (Å²) in [5.74, 6) is -0.591. The number of hydrogen-bond acceptors (Lipinski definition) is 6. The molecule has 2 aromatic carbocycles. The van der Waals surface area contributed by atoms with Crippen LogP contribution in [0.15, 0.2) is 41.5 Å². The number of para-hydroxylation sites is 1. The molecule has 9 heteroatoms. The molecule has 136 valence electrons. The summed E-state index contributed by atoms with van der Waals surface area (Å²) < 4.78 is 5.17. The van der Waals surface area contributed by atoms with E-state index in [0.717, 1.165) is 11.6 Å². The Hall–Kier alpha value is -3.62. The lowest BCUT2D eigenvalue weighted by atomic mass is 10.2. The molecule has 3 N–H and O–H groups in total. The third kappa shape index (κ3) is 4.69. The maximum atomic E-state index is 11.8. The highest BCUT2D eigenvalue weighted by atomic mass is 16.6. The van der Waals surface area contributed by atoms with Crippen molar-refractivity contribution in [2.75, 3.05) is 11.9 Å². The smallest absolute Gasteiger partial charge is 0.339 e. The number of phenols is 1. The van der Waals surface area contributed by atoms with Crippen molar-refractivity contribution in [2.45, 2.75) is 13.8 Å². The van der Waals surface area contributed by atoms with Crippen molar-refractivity contribution in [3.8, 4) is 11.5 Å². The largest absolute Gasteiger partial charge is 0.500 e. The minimum atomic E-state index is -0.729. The number of amides is 2. The second-order valence-electron chi connectivity index (χ2n) is 5.22. The summed E-state index contributed by atoms with van der Waals surface area (Å²) >= 11 is 0. The number of ether oxygens (including phenoxy) is 1. The number of carbonyl (C=O) groups excluding carboxylic acids is 1. The van der Waals surface area contributed by atoms with Crippen molar-refractivity contribution in [3.63, 3.8) is 0 Å². The first-order valence-electron chi connectivity index (χ1n) is 7.72. The molecular formula is C17H18N4O5. The van der Waals surface area contributed by atoms with Crippen molar-refractivity contribution >= 4 is 23.6 Å². The number of aryl methyl sites for hydroxylation is 1. The van der Waals surface area contributed by atoms with E-state index in [1.54, 1.807) is 19.1 Å². The van der Waals surface area contributed by atoms with Crippen LogP contribution < -0.4 is 15.5 Å². The lowest BCUT2D eigenvalue weighted by molar-refractivity contribution is -0.386. The fraction of sp³-hybridized carbons (Fsp3) is 0.176. The van der Waals surface area contributed by atoms with Gasteiger partial charge < -0.3 is 15.2 Å². The summed E-state index contributed by atoms with van der Waals surface area (Å²) in [6.45, 7) is 3.76. The van der Waals surface area contributed by atoms with Gasteiger partial charge in [-0.25, -0.2) is 10.2 Å². The summed E-state index contributed by atoms with van der Waals surface area (Å²) in [5, 5.41) is 27.2. The van der Waals surface area contributed by atoms with Crippen LogP contribution in [-0.4, -0.2) is 28.9 Å². The molecule has 0 aromatic heterocycles. The van der Waals surface area contributed by atoms with Crippen molar-refractivity contribution in [3.05, 3.63) is 57.6 Å². The van der Waals surface area contributed by atoms with E-state index >= 15 is 0 Å². The molecule has 0 aliphatic heterocycles. The molecular weight excluding hydrogens is 340 g/mol. The molecule has 0 heterocycles. The number of anilines is 1. The Bertz CT molecular complexity index is 851. The van der Waals surface area contributed by atoms with Crippen molar-refractivity contribution in [1.29, 1.82) is 0 Å². The maximum absolute atomic E-state index is 11.8. The monoisotopic (exact) mass is 358 g/mol. The lowest BCUT2D eigenvalue weighted by Gasteiger charge is -2.08. The Kier molecular flexibility index (Phi) is 6.10. The fourth-order valence-electron chi connectivity index (χ4n) is 2.12. The lowest BCUT2D eigenvalue weighted by Crippen LogP contribution is -2.24. The van der Waals surface area contributed by atoms with Gasteiger partial charge in [-0.2, -0.15) is 5.10 Å². The summed E-state index contributed by atoms with van der Waals surface area (Å²) in [5.41, 5.74) is 3.57. The molecule has 0 aliphatic carbocycles. The number of nitro groups is 1. The predicted molar refractivity (Wildman–Crippen MR) is 96.9 cm³/mol. The highest BCUT2D eigenvalue weighted by Gasteiger charge is 2.19. The van der Waals surface area contributed by atoms with Crippen LogP contribution >= 0.6 is 0 Å². The number of urea groups is 1. The number of nitrogens with zero attached hydrogens (tertiary/aromatic N) is 2. The van der Waals surface area contributed by atoms with Crippen LogP contribution in [0.4, 0.5) is 16.2 Å². The molecule has 0 bridgehead atoms. The number of hydrogen-bond donors (Lipinski definition) is 3. The van der Waals surface area contributed by atoms with Gasteiger partial charge in [0, 0.05) is 17.3 Å². The molecule has 0 fully saturated rings.